The van der Waals surface area contributed by atoms with Gasteiger partial charge in [-0.1, -0.05) is 55.5 Å². The van der Waals surface area contributed by atoms with Crippen LogP contribution in [-0.2, 0) is 0 Å². The van der Waals surface area contributed by atoms with E-state index in [1.807, 2.05) is 59.1 Å². The lowest BCUT2D eigenvalue weighted by Gasteiger charge is -2.03. The zero-order valence-corrected chi connectivity index (χ0v) is 13.2. The first-order valence-electron chi connectivity index (χ1n) is 6.78. The van der Waals surface area contributed by atoms with Gasteiger partial charge in [0.1, 0.15) is 5.69 Å². The van der Waals surface area contributed by atoms with Crippen LogP contribution < -0.4 is 0 Å². The number of rotatable bonds is 3. The maximum Gasteiger partial charge on any atom is 0.151 e. The SMILES string of the molecule is CCSC(=S)c1c(O)c(-c2ccccc2)c2ccccn12. The van der Waals surface area contributed by atoms with Crippen LogP contribution in [0.1, 0.15) is 12.6 Å². The van der Waals surface area contributed by atoms with E-state index < -0.39 is 0 Å². The zero-order chi connectivity index (χ0) is 14.8. The van der Waals surface area contributed by atoms with E-state index in [1.54, 1.807) is 11.8 Å². The van der Waals surface area contributed by atoms with Crippen LogP contribution >= 0.6 is 24.0 Å². The molecule has 1 N–H and O–H groups in total. The van der Waals surface area contributed by atoms with Gasteiger partial charge in [-0.25, -0.2) is 0 Å². The number of aromatic nitrogens is 1. The molecule has 0 saturated carbocycles. The fraction of sp³-hybridized carbons (Fsp3) is 0.118. The van der Waals surface area contributed by atoms with Gasteiger partial charge in [-0.15, -0.1) is 11.8 Å². The molecule has 0 aliphatic heterocycles. The predicted molar refractivity (Wildman–Crippen MR) is 94.3 cm³/mol. The molecule has 106 valence electrons. The second-order valence-corrected chi connectivity index (χ2v) is 6.56. The minimum absolute atomic E-state index is 0.262. The number of pyridine rings is 1. The minimum atomic E-state index is 0.262. The Hall–Kier alpha value is -1.78. The first kappa shape index (κ1) is 14.2. The molecule has 2 aromatic heterocycles. The number of thiocarbonyl (C=S) groups is 1. The number of thioether (sulfide) groups is 1. The van der Waals surface area contributed by atoms with Crippen molar-refractivity contribution in [3.63, 3.8) is 0 Å². The summed E-state index contributed by atoms with van der Waals surface area (Å²) in [7, 11) is 0. The highest BCUT2D eigenvalue weighted by Gasteiger charge is 2.21. The van der Waals surface area contributed by atoms with E-state index in [1.165, 1.54) is 0 Å². The third-order valence-electron chi connectivity index (χ3n) is 3.35. The van der Waals surface area contributed by atoms with Crippen molar-refractivity contribution in [2.24, 2.45) is 0 Å². The molecule has 2 heterocycles. The Balaban J connectivity index is 2.31. The van der Waals surface area contributed by atoms with E-state index >= 15 is 0 Å². The Morgan fingerprint density at radius 3 is 2.57 bits per heavy atom. The molecule has 0 atom stereocenters. The van der Waals surface area contributed by atoms with Gasteiger partial charge in [0.05, 0.1) is 9.71 Å². The molecule has 0 unspecified atom stereocenters. The number of nitrogens with zero attached hydrogens (tertiary/aromatic N) is 1. The van der Waals surface area contributed by atoms with E-state index in [2.05, 4.69) is 6.92 Å². The van der Waals surface area contributed by atoms with Crippen LogP contribution in [0.2, 0.25) is 0 Å². The average Bonchev–Trinajstić information content (AvgIpc) is 2.80. The molecule has 0 spiro atoms. The van der Waals surface area contributed by atoms with Gasteiger partial charge in [0.2, 0.25) is 0 Å². The summed E-state index contributed by atoms with van der Waals surface area (Å²) in [5.74, 6) is 1.15. The quantitative estimate of drug-likeness (QED) is 0.707. The number of hydrogen-bond acceptors (Lipinski definition) is 3. The maximum absolute atomic E-state index is 10.7. The Labute approximate surface area is 133 Å². The van der Waals surface area contributed by atoms with E-state index in [-0.39, 0.29) is 5.75 Å². The van der Waals surface area contributed by atoms with Crippen LogP contribution in [0.4, 0.5) is 0 Å². The fourth-order valence-electron chi connectivity index (χ4n) is 2.48. The van der Waals surface area contributed by atoms with Crippen LogP contribution in [0, 0.1) is 0 Å². The molecule has 2 nitrogen and oxygen atoms in total. The summed E-state index contributed by atoms with van der Waals surface area (Å²) in [5, 5.41) is 10.7. The summed E-state index contributed by atoms with van der Waals surface area (Å²) in [4.78, 5) is 0. The van der Waals surface area contributed by atoms with Crippen LogP contribution in [0.15, 0.2) is 54.7 Å². The Kier molecular flexibility index (Phi) is 3.99. The van der Waals surface area contributed by atoms with Crippen LogP contribution in [0.3, 0.4) is 0 Å². The molecule has 3 aromatic rings. The minimum Gasteiger partial charge on any atom is -0.505 e. The van der Waals surface area contributed by atoms with Gasteiger partial charge in [-0.2, -0.15) is 0 Å². The number of hydrogen-bond donors (Lipinski definition) is 1. The van der Waals surface area contributed by atoms with Crippen molar-refractivity contribution in [2.45, 2.75) is 6.92 Å². The van der Waals surface area contributed by atoms with Crippen LogP contribution in [-0.4, -0.2) is 19.5 Å². The highest BCUT2D eigenvalue weighted by atomic mass is 32.2. The smallest absolute Gasteiger partial charge is 0.151 e. The maximum atomic E-state index is 10.7. The summed E-state index contributed by atoms with van der Waals surface area (Å²) in [5.41, 5.74) is 3.51. The summed E-state index contributed by atoms with van der Waals surface area (Å²) in [6, 6.07) is 15.8. The molecule has 0 aliphatic carbocycles. The third kappa shape index (κ3) is 2.45. The zero-order valence-electron chi connectivity index (χ0n) is 11.6. The summed E-state index contributed by atoms with van der Waals surface area (Å²) >= 11 is 7.05. The first-order valence-corrected chi connectivity index (χ1v) is 8.18. The predicted octanol–water partition coefficient (Wildman–Crippen LogP) is 4.74. The number of fused-ring (bicyclic) bond motifs is 1. The summed E-state index contributed by atoms with van der Waals surface area (Å²) < 4.78 is 2.70. The van der Waals surface area contributed by atoms with Crippen LogP contribution in [0.5, 0.6) is 5.75 Å². The van der Waals surface area contributed by atoms with Gasteiger partial charge >= 0.3 is 0 Å². The van der Waals surface area contributed by atoms with Gasteiger partial charge in [0.25, 0.3) is 0 Å². The molecule has 3 rings (SSSR count). The fourth-order valence-corrected chi connectivity index (χ4v) is 3.62. The molecule has 0 amide bonds. The van der Waals surface area contributed by atoms with E-state index in [4.69, 9.17) is 12.2 Å². The molecular weight excluding hydrogens is 298 g/mol. The van der Waals surface area contributed by atoms with Gasteiger partial charge in [0.15, 0.2) is 5.75 Å². The normalized spacial score (nSPS) is 10.9. The number of benzene rings is 1. The lowest BCUT2D eigenvalue weighted by atomic mass is 10.1. The van der Waals surface area contributed by atoms with E-state index in [9.17, 15) is 5.11 Å². The molecule has 4 heteroatoms. The van der Waals surface area contributed by atoms with Crippen molar-refractivity contribution in [1.29, 1.82) is 0 Å². The van der Waals surface area contributed by atoms with Crippen molar-refractivity contribution in [1.82, 2.24) is 4.40 Å². The van der Waals surface area contributed by atoms with Gasteiger partial charge in [0, 0.05) is 11.8 Å². The summed E-state index contributed by atoms with van der Waals surface area (Å²) in [6.45, 7) is 2.06. The molecule has 21 heavy (non-hydrogen) atoms. The molecule has 1 aromatic carbocycles. The van der Waals surface area contributed by atoms with E-state index in [0.717, 1.165) is 26.6 Å². The lowest BCUT2D eigenvalue weighted by Crippen LogP contribution is -1.98. The van der Waals surface area contributed by atoms with Gasteiger partial charge in [-0.05, 0) is 23.4 Å². The van der Waals surface area contributed by atoms with E-state index in [0.29, 0.717) is 5.69 Å². The average molecular weight is 313 g/mol. The largest absolute Gasteiger partial charge is 0.505 e. The first-order chi connectivity index (χ1) is 10.2. The molecule has 0 aliphatic rings. The summed E-state index contributed by atoms with van der Waals surface area (Å²) in [6.07, 6.45) is 1.94. The highest BCUT2D eigenvalue weighted by molar-refractivity contribution is 8.23. The second kappa shape index (κ2) is 5.92. The van der Waals surface area contributed by atoms with Gasteiger partial charge < -0.3 is 9.51 Å². The monoisotopic (exact) mass is 313 g/mol. The molecular formula is C17H15NOS2. The van der Waals surface area contributed by atoms with Gasteiger partial charge in [-0.3, -0.25) is 0 Å². The van der Waals surface area contributed by atoms with Crippen molar-refractivity contribution in [3.05, 3.63) is 60.4 Å². The second-order valence-electron chi connectivity index (χ2n) is 4.61. The van der Waals surface area contributed by atoms with Crippen molar-refractivity contribution >= 4 is 33.7 Å². The van der Waals surface area contributed by atoms with Crippen molar-refractivity contribution in [3.8, 4) is 16.9 Å². The third-order valence-corrected chi connectivity index (χ3v) is 4.64. The number of aromatic hydroxyl groups is 1. The molecule has 0 fully saturated rings. The highest BCUT2D eigenvalue weighted by Crippen LogP contribution is 2.40. The van der Waals surface area contributed by atoms with Crippen molar-refractivity contribution < 1.29 is 5.11 Å². The Morgan fingerprint density at radius 1 is 1.14 bits per heavy atom. The molecule has 0 bridgehead atoms. The molecule has 0 radical (unpaired) electrons. The van der Waals surface area contributed by atoms with Crippen LogP contribution in [0.25, 0.3) is 16.6 Å². The topological polar surface area (TPSA) is 24.6 Å². The Bertz CT molecular complexity index is 793. The standard InChI is InChI=1S/C17H15NOS2/c1-2-21-17(20)15-16(19)14(12-8-4-3-5-9-12)13-10-6-7-11-18(13)15/h3-11,19H,2H2,1H3. The Morgan fingerprint density at radius 2 is 1.86 bits per heavy atom. The van der Waals surface area contributed by atoms with Crippen molar-refractivity contribution in [2.75, 3.05) is 5.75 Å². The lowest BCUT2D eigenvalue weighted by molar-refractivity contribution is 0.476. The molecule has 0 saturated heterocycles.